The number of nitrogens with zero attached hydrogens (tertiary/aromatic N) is 2. The fourth-order valence-electron chi connectivity index (χ4n) is 0.964. The van der Waals surface area contributed by atoms with Crippen molar-refractivity contribution in [2.24, 2.45) is 0 Å². The van der Waals surface area contributed by atoms with Crippen molar-refractivity contribution in [1.82, 2.24) is 9.97 Å². The molecule has 0 atom stereocenters. The van der Waals surface area contributed by atoms with E-state index in [9.17, 15) is 0 Å². The van der Waals surface area contributed by atoms with Crippen LogP contribution >= 0.6 is 11.8 Å². The standard InChI is InChI=1S/C8H13N3S/c1-4-6-5-10-8(12-3)11-7(6)9-2/h5H,4H2,1-3H3,(H,9,10,11). The highest BCUT2D eigenvalue weighted by Gasteiger charge is 2.02. The summed E-state index contributed by atoms with van der Waals surface area (Å²) < 4.78 is 0. The van der Waals surface area contributed by atoms with Crippen molar-refractivity contribution in [1.29, 1.82) is 0 Å². The van der Waals surface area contributed by atoms with E-state index in [1.54, 1.807) is 11.8 Å². The molecule has 0 fully saturated rings. The fraction of sp³-hybridized carbons (Fsp3) is 0.500. The summed E-state index contributed by atoms with van der Waals surface area (Å²) in [6.45, 7) is 2.10. The van der Waals surface area contributed by atoms with Gasteiger partial charge in [-0.15, -0.1) is 0 Å². The summed E-state index contributed by atoms with van der Waals surface area (Å²) in [5.41, 5.74) is 1.16. The second kappa shape index (κ2) is 4.30. The number of hydrogen-bond donors (Lipinski definition) is 1. The van der Waals surface area contributed by atoms with E-state index in [0.717, 1.165) is 23.0 Å². The molecule has 4 heteroatoms. The van der Waals surface area contributed by atoms with Gasteiger partial charge in [0, 0.05) is 18.8 Å². The van der Waals surface area contributed by atoms with E-state index in [1.807, 2.05) is 19.5 Å². The molecule has 0 aliphatic carbocycles. The Morgan fingerprint density at radius 2 is 2.33 bits per heavy atom. The molecule has 66 valence electrons. The van der Waals surface area contributed by atoms with Crippen molar-refractivity contribution < 1.29 is 0 Å². The molecule has 0 radical (unpaired) electrons. The third-order valence-corrected chi connectivity index (χ3v) is 2.20. The lowest BCUT2D eigenvalue weighted by atomic mass is 10.2. The summed E-state index contributed by atoms with van der Waals surface area (Å²) in [4.78, 5) is 8.51. The third-order valence-electron chi connectivity index (χ3n) is 1.64. The SMILES string of the molecule is CCc1cnc(SC)nc1NC. The molecule has 1 aromatic rings. The first kappa shape index (κ1) is 9.32. The molecule has 1 aromatic heterocycles. The zero-order valence-electron chi connectivity index (χ0n) is 7.59. The topological polar surface area (TPSA) is 37.8 Å². The van der Waals surface area contributed by atoms with Gasteiger partial charge < -0.3 is 5.32 Å². The van der Waals surface area contributed by atoms with Gasteiger partial charge in [-0.2, -0.15) is 0 Å². The Labute approximate surface area is 77.0 Å². The molecule has 0 aliphatic rings. The molecule has 1 rings (SSSR count). The number of aromatic nitrogens is 2. The van der Waals surface area contributed by atoms with Gasteiger partial charge in [-0.1, -0.05) is 18.7 Å². The van der Waals surface area contributed by atoms with Crippen LogP contribution in [0.25, 0.3) is 0 Å². The molecule has 0 amide bonds. The highest BCUT2D eigenvalue weighted by Crippen LogP contribution is 2.15. The van der Waals surface area contributed by atoms with Crippen LogP contribution in [0.4, 0.5) is 5.82 Å². The van der Waals surface area contributed by atoms with Crippen molar-refractivity contribution in [2.45, 2.75) is 18.5 Å². The van der Waals surface area contributed by atoms with Gasteiger partial charge in [0.1, 0.15) is 5.82 Å². The lowest BCUT2D eigenvalue weighted by Gasteiger charge is -2.05. The normalized spacial score (nSPS) is 9.92. The van der Waals surface area contributed by atoms with E-state index in [-0.39, 0.29) is 0 Å². The van der Waals surface area contributed by atoms with E-state index in [2.05, 4.69) is 22.2 Å². The molecule has 1 heterocycles. The van der Waals surface area contributed by atoms with Gasteiger partial charge in [0.15, 0.2) is 5.16 Å². The van der Waals surface area contributed by atoms with Gasteiger partial charge >= 0.3 is 0 Å². The highest BCUT2D eigenvalue weighted by molar-refractivity contribution is 7.98. The van der Waals surface area contributed by atoms with Gasteiger partial charge in [0.05, 0.1) is 0 Å². The van der Waals surface area contributed by atoms with Crippen LogP contribution in [-0.2, 0) is 6.42 Å². The molecule has 12 heavy (non-hydrogen) atoms. The molecule has 0 bridgehead atoms. The van der Waals surface area contributed by atoms with Gasteiger partial charge in [0.2, 0.25) is 0 Å². The molecule has 0 spiro atoms. The number of aryl methyl sites for hydroxylation is 1. The predicted molar refractivity (Wildman–Crippen MR) is 52.7 cm³/mol. The number of hydrogen-bond acceptors (Lipinski definition) is 4. The number of thioether (sulfide) groups is 1. The summed E-state index contributed by atoms with van der Waals surface area (Å²) >= 11 is 1.56. The molecule has 0 aliphatic heterocycles. The first-order chi connectivity index (χ1) is 5.81. The molecular formula is C8H13N3S. The Bertz CT molecular complexity index is 262. The molecular weight excluding hydrogens is 170 g/mol. The number of anilines is 1. The maximum absolute atomic E-state index is 4.32. The van der Waals surface area contributed by atoms with Crippen LogP contribution in [0.5, 0.6) is 0 Å². The Balaban J connectivity index is 3.02. The van der Waals surface area contributed by atoms with Crippen LogP contribution in [0.1, 0.15) is 12.5 Å². The van der Waals surface area contributed by atoms with Crippen LogP contribution in [0, 0.1) is 0 Å². The maximum Gasteiger partial charge on any atom is 0.189 e. The quantitative estimate of drug-likeness (QED) is 0.573. The van der Waals surface area contributed by atoms with E-state index < -0.39 is 0 Å². The Kier molecular flexibility index (Phi) is 3.34. The molecule has 0 aromatic carbocycles. The van der Waals surface area contributed by atoms with E-state index in [4.69, 9.17) is 0 Å². The van der Waals surface area contributed by atoms with E-state index in [1.165, 1.54) is 0 Å². The van der Waals surface area contributed by atoms with Gasteiger partial charge in [-0.25, -0.2) is 9.97 Å². The second-order valence-electron chi connectivity index (χ2n) is 2.33. The average molecular weight is 183 g/mol. The van der Waals surface area contributed by atoms with Crippen molar-refractivity contribution in [2.75, 3.05) is 18.6 Å². The summed E-state index contributed by atoms with van der Waals surface area (Å²) in [6, 6.07) is 0. The van der Waals surface area contributed by atoms with Crippen LogP contribution in [0.3, 0.4) is 0 Å². The zero-order valence-corrected chi connectivity index (χ0v) is 8.40. The van der Waals surface area contributed by atoms with Crippen LogP contribution in [0.2, 0.25) is 0 Å². The molecule has 0 unspecified atom stereocenters. The van der Waals surface area contributed by atoms with Crippen LogP contribution in [0.15, 0.2) is 11.4 Å². The Morgan fingerprint density at radius 3 is 2.83 bits per heavy atom. The summed E-state index contributed by atoms with van der Waals surface area (Å²) in [6.07, 6.45) is 4.82. The first-order valence-electron chi connectivity index (χ1n) is 3.89. The summed E-state index contributed by atoms with van der Waals surface area (Å²) in [7, 11) is 1.88. The predicted octanol–water partition coefficient (Wildman–Crippen LogP) is 1.80. The fourth-order valence-corrected chi connectivity index (χ4v) is 1.30. The molecule has 0 saturated carbocycles. The largest absolute Gasteiger partial charge is 0.373 e. The van der Waals surface area contributed by atoms with Crippen LogP contribution < -0.4 is 5.32 Å². The first-order valence-corrected chi connectivity index (χ1v) is 5.12. The lowest BCUT2D eigenvalue weighted by molar-refractivity contribution is 0.931. The number of rotatable bonds is 3. The molecule has 1 N–H and O–H groups in total. The molecule has 3 nitrogen and oxygen atoms in total. The highest BCUT2D eigenvalue weighted by atomic mass is 32.2. The van der Waals surface area contributed by atoms with Crippen LogP contribution in [-0.4, -0.2) is 23.3 Å². The minimum Gasteiger partial charge on any atom is -0.373 e. The maximum atomic E-state index is 4.32. The smallest absolute Gasteiger partial charge is 0.189 e. The molecule has 0 saturated heterocycles. The summed E-state index contributed by atoms with van der Waals surface area (Å²) in [5.74, 6) is 0.942. The van der Waals surface area contributed by atoms with E-state index >= 15 is 0 Å². The Hall–Kier alpha value is -0.770. The van der Waals surface area contributed by atoms with Crippen molar-refractivity contribution >= 4 is 17.6 Å². The number of nitrogens with one attached hydrogen (secondary N) is 1. The zero-order chi connectivity index (χ0) is 8.97. The summed E-state index contributed by atoms with van der Waals surface area (Å²) in [5, 5.41) is 3.87. The van der Waals surface area contributed by atoms with Gasteiger partial charge in [-0.3, -0.25) is 0 Å². The van der Waals surface area contributed by atoms with Crippen molar-refractivity contribution in [3.63, 3.8) is 0 Å². The lowest BCUT2D eigenvalue weighted by Crippen LogP contribution is -2.00. The minimum absolute atomic E-state index is 0.816. The Morgan fingerprint density at radius 1 is 1.58 bits per heavy atom. The average Bonchev–Trinajstić information content (AvgIpc) is 2.16. The second-order valence-corrected chi connectivity index (χ2v) is 3.11. The van der Waals surface area contributed by atoms with Crippen molar-refractivity contribution in [3.8, 4) is 0 Å². The van der Waals surface area contributed by atoms with Gasteiger partial charge in [0.25, 0.3) is 0 Å². The minimum atomic E-state index is 0.816. The third kappa shape index (κ3) is 1.88. The van der Waals surface area contributed by atoms with Gasteiger partial charge in [-0.05, 0) is 12.7 Å². The van der Waals surface area contributed by atoms with E-state index in [0.29, 0.717) is 0 Å². The monoisotopic (exact) mass is 183 g/mol. The van der Waals surface area contributed by atoms with Crippen molar-refractivity contribution in [3.05, 3.63) is 11.8 Å².